The van der Waals surface area contributed by atoms with Crippen molar-refractivity contribution < 1.29 is 23.1 Å². The topological polar surface area (TPSA) is 147 Å². The van der Waals surface area contributed by atoms with Crippen molar-refractivity contribution >= 4 is 28.3 Å². The van der Waals surface area contributed by atoms with Gasteiger partial charge in [0.2, 0.25) is 0 Å². The number of pyridine rings is 2. The molecule has 38 heavy (non-hydrogen) atoms. The van der Waals surface area contributed by atoms with Crippen molar-refractivity contribution in [3.05, 3.63) is 54.2 Å². The molecule has 0 aromatic carbocycles. The van der Waals surface area contributed by atoms with Crippen molar-refractivity contribution in [2.24, 2.45) is 0 Å². The fraction of sp³-hybridized carbons (Fsp3) is 0.333. The molecule has 14 heteroatoms. The van der Waals surface area contributed by atoms with E-state index in [1.54, 1.807) is 6.07 Å². The number of nitrogens with zero attached hydrogens (tertiary/aromatic N) is 7. The van der Waals surface area contributed by atoms with Crippen LogP contribution in [0.15, 0.2) is 43.1 Å². The summed E-state index contributed by atoms with van der Waals surface area (Å²) in [6.45, 7) is 2.24. The van der Waals surface area contributed by atoms with Gasteiger partial charge < -0.3 is 15.7 Å². The van der Waals surface area contributed by atoms with E-state index < -0.39 is 36.7 Å². The summed E-state index contributed by atoms with van der Waals surface area (Å²) in [6, 6.07) is 5.10. The van der Waals surface area contributed by atoms with Gasteiger partial charge in [-0.05, 0) is 19.9 Å². The molecule has 0 saturated carbocycles. The molecule has 4 aromatic rings. The highest BCUT2D eigenvalue weighted by Gasteiger charge is 2.27. The van der Waals surface area contributed by atoms with Gasteiger partial charge in [0.25, 0.3) is 11.8 Å². The van der Waals surface area contributed by atoms with E-state index in [9.17, 15) is 23.1 Å². The van der Waals surface area contributed by atoms with Gasteiger partial charge in [-0.2, -0.15) is 20.1 Å². The quantitative estimate of drug-likeness (QED) is 0.301. The van der Waals surface area contributed by atoms with Crippen LogP contribution in [0.25, 0.3) is 16.9 Å². The first-order valence-corrected chi connectivity index (χ1v) is 11.4. The Labute approximate surface area is 214 Å². The van der Waals surface area contributed by atoms with Crippen LogP contribution in [0.3, 0.4) is 0 Å². The number of aromatic nitrogens is 6. The van der Waals surface area contributed by atoms with E-state index in [2.05, 4.69) is 30.8 Å². The fourth-order valence-electron chi connectivity index (χ4n) is 3.48. The Bertz CT molecular complexity index is 1510. The summed E-state index contributed by atoms with van der Waals surface area (Å²) >= 11 is 0. The zero-order chi connectivity index (χ0) is 27.7. The van der Waals surface area contributed by atoms with Gasteiger partial charge in [-0.3, -0.25) is 9.48 Å². The molecule has 0 radical (unpaired) electrons. The summed E-state index contributed by atoms with van der Waals surface area (Å²) in [4.78, 5) is 21.5. The average Bonchev–Trinajstić information content (AvgIpc) is 3.46. The largest absolute Gasteiger partial charge is 0.387 e. The maximum Gasteiger partial charge on any atom is 0.264 e. The average molecular weight is 528 g/mol. The van der Waals surface area contributed by atoms with Gasteiger partial charge in [0.1, 0.15) is 18.8 Å². The van der Waals surface area contributed by atoms with Crippen LogP contribution in [0, 0.1) is 11.3 Å². The number of aliphatic hydroxyl groups is 1. The first-order chi connectivity index (χ1) is 17.8. The third-order valence-corrected chi connectivity index (χ3v) is 5.45. The highest BCUT2D eigenvalue weighted by molar-refractivity contribution is 6.00. The molecule has 3 N–H and O–H groups in total. The van der Waals surface area contributed by atoms with Crippen LogP contribution in [0.2, 0.25) is 0 Å². The lowest BCUT2D eigenvalue weighted by Gasteiger charge is -2.22. The highest BCUT2D eigenvalue weighted by Crippen LogP contribution is 2.25. The Morgan fingerprint density at radius 1 is 1.16 bits per heavy atom. The van der Waals surface area contributed by atoms with Crippen molar-refractivity contribution in [3.63, 3.8) is 0 Å². The van der Waals surface area contributed by atoms with Gasteiger partial charge in [-0.15, -0.1) is 0 Å². The lowest BCUT2D eigenvalue weighted by Crippen LogP contribution is -2.42. The molecular formula is C24H24F3N9O2. The van der Waals surface area contributed by atoms with Crippen molar-refractivity contribution in [2.75, 3.05) is 11.9 Å². The lowest BCUT2D eigenvalue weighted by molar-refractivity contribution is -0.00187. The number of nitriles is 1. The first-order valence-electron chi connectivity index (χ1n) is 11.4. The molecule has 0 bridgehead atoms. The highest BCUT2D eigenvalue weighted by atomic mass is 19.3. The second-order valence-electron chi connectivity index (χ2n) is 9.35. The van der Waals surface area contributed by atoms with Crippen LogP contribution in [0.5, 0.6) is 0 Å². The van der Waals surface area contributed by atoms with Crippen molar-refractivity contribution in [3.8, 4) is 11.9 Å². The van der Waals surface area contributed by atoms with Crippen molar-refractivity contribution in [2.45, 2.75) is 45.0 Å². The molecule has 0 aliphatic rings. The molecule has 1 unspecified atom stereocenters. The molecule has 4 heterocycles. The van der Waals surface area contributed by atoms with E-state index >= 15 is 0 Å². The van der Waals surface area contributed by atoms with Crippen LogP contribution in [0.4, 0.5) is 24.5 Å². The van der Waals surface area contributed by atoms with Gasteiger partial charge in [-0.25, -0.2) is 23.1 Å². The second-order valence-corrected chi connectivity index (χ2v) is 9.35. The Morgan fingerprint density at radius 3 is 2.61 bits per heavy atom. The van der Waals surface area contributed by atoms with Crippen LogP contribution >= 0.6 is 0 Å². The number of carbonyl (C=O) groups is 1. The van der Waals surface area contributed by atoms with E-state index in [1.165, 1.54) is 55.6 Å². The third-order valence-electron chi connectivity index (χ3n) is 5.45. The minimum atomic E-state index is -2.98. The first kappa shape index (κ1) is 26.6. The molecule has 0 saturated heterocycles. The normalized spacial score (nSPS) is 12.8. The van der Waals surface area contributed by atoms with Gasteiger partial charge in [0, 0.05) is 37.0 Å². The number of carbonyl (C=O) groups excluding carboxylic acids is 1. The number of anilines is 2. The molecule has 4 rings (SSSR count). The monoisotopic (exact) mass is 527 g/mol. The maximum absolute atomic E-state index is 14.2. The number of nitrogens with one attached hydrogen (secondary N) is 2. The molecule has 0 aliphatic heterocycles. The van der Waals surface area contributed by atoms with Crippen LogP contribution in [-0.2, 0) is 6.54 Å². The van der Waals surface area contributed by atoms with Gasteiger partial charge >= 0.3 is 0 Å². The summed E-state index contributed by atoms with van der Waals surface area (Å²) < 4.78 is 43.5. The van der Waals surface area contributed by atoms with Crippen LogP contribution < -0.4 is 10.6 Å². The molecule has 1 atom stereocenters. The number of hydrogen-bond donors (Lipinski definition) is 3. The van der Waals surface area contributed by atoms with Gasteiger partial charge in [0.05, 0.1) is 47.0 Å². The molecule has 1 amide bonds. The van der Waals surface area contributed by atoms with E-state index in [4.69, 9.17) is 5.26 Å². The zero-order valence-corrected chi connectivity index (χ0v) is 20.7. The van der Waals surface area contributed by atoms with E-state index in [1.807, 2.05) is 6.07 Å². The third kappa shape index (κ3) is 6.06. The number of fused-ring (bicyclic) bond motifs is 1. The smallest absolute Gasteiger partial charge is 0.264 e. The standard InChI is InChI=1S/C24H24F3N9O2/c1-23(2,38)19(25)11-31-22(37)17-10-29-20(36-21-15(8-33-36)4-14(6-28)7-30-21)5-18(17)34-16-9-32-35(12-16)13-24(3,26)27/h4-5,7-10,12,19,38H,11,13H2,1-3H3,(H,29,34)(H,31,37). The minimum absolute atomic E-state index is 0.0152. The predicted molar refractivity (Wildman–Crippen MR) is 131 cm³/mol. The second kappa shape index (κ2) is 10.1. The van der Waals surface area contributed by atoms with Crippen LogP contribution in [0.1, 0.15) is 36.7 Å². The summed E-state index contributed by atoms with van der Waals surface area (Å²) in [7, 11) is 0. The SMILES string of the molecule is CC(F)(F)Cn1cc(Nc2cc(-n3ncc4cc(C#N)cnc43)ncc2C(=O)NCC(F)C(C)(C)O)cn1. The zero-order valence-electron chi connectivity index (χ0n) is 20.7. The minimum Gasteiger partial charge on any atom is -0.387 e. The fourth-order valence-corrected chi connectivity index (χ4v) is 3.48. The van der Waals surface area contributed by atoms with E-state index in [0.29, 0.717) is 22.3 Å². The summed E-state index contributed by atoms with van der Waals surface area (Å²) in [6.07, 6.45) is 5.06. The molecule has 4 aromatic heterocycles. The van der Waals surface area contributed by atoms with Crippen molar-refractivity contribution in [1.29, 1.82) is 5.26 Å². The molecule has 198 valence electrons. The van der Waals surface area contributed by atoms with Crippen LogP contribution in [-0.4, -0.2) is 64.8 Å². The molecular weight excluding hydrogens is 503 g/mol. The number of amides is 1. The Hall–Kier alpha value is -4.51. The summed E-state index contributed by atoms with van der Waals surface area (Å²) in [5.74, 6) is -3.42. The van der Waals surface area contributed by atoms with Gasteiger partial charge in [0.15, 0.2) is 11.5 Å². The number of rotatable bonds is 9. The summed E-state index contributed by atoms with van der Waals surface area (Å²) in [5, 5.41) is 33.1. The molecule has 11 nitrogen and oxygen atoms in total. The number of alkyl halides is 3. The molecule has 0 spiro atoms. The van der Waals surface area contributed by atoms with E-state index in [-0.39, 0.29) is 17.1 Å². The number of halogens is 3. The Morgan fingerprint density at radius 2 is 1.92 bits per heavy atom. The molecule has 0 fully saturated rings. The molecule has 0 aliphatic carbocycles. The lowest BCUT2D eigenvalue weighted by atomic mass is 10.0. The Kier molecular flexibility index (Phi) is 7.05. The summed E-state index contributed by atoms with van der Waals surface area (Å²) in [5.41, 5.74) is -0.379. The van der Waals surface area contributed by atoms with E-state index in [0.717, 1.165) is 11.6 Å². The van der Waals surface area contributed by atoms with Gasteiger partial charge in [-0.1, -0.05) is 0 Å². The number of hydrogen-bond acceptors (Lipinski definition) is 8. The Balaban J connectivity index is 1.69. The predicted octanol–water partition coefficient (Wildman–Crippen LogP) is 3.12. The maximum atomic E-state index is 14.2. The van der Waals surface area contributed by atoms with Crippen molar-refractivity contribution in [1.82, 2.24) is 34.8 Å².